The van der Waals surface area contributed by atoms with Gasteiger partial charge in [0.2, 0.25) is 0 Å². The third kappa shape index (κ3) is 4.52. The standard InChI is InChI=1S/C14H19NO4S/c1-2-10(9-5-7-15-8-6-9)13(20)11(14(18)19)3-4-12(16)17/h5-8,10-11,13,20H,2-4H2,1H3,(H,16,17)(H,18,19). The highest BCUT2D eigenvalue weighted by molar-refractivity contribution is 7.81. The first-order valence-electron chi connectivity index (χ1n) is 6.50. The molecular formula is C14H19NO4S. The van der Waals surface area contributed by atoms with Gasteiger partial charge < -0.3 is 10.2 Å². The average Bonchev–Trinajstić information content (AvgIpc) is 2.40. The lowest BCUT2D eigenvalue weighted by Gasteiger charge is -2.27. The third-order valence-corrected chi connectivity index (χ3v) is 4.10. The molecule has 20 heavy (non-hydrogen) atoms. The largest absolute Gasteiger partial charge is 0.481 e. The Kier molecular flexibility index (Phi) is 6.51. The molecule has 0 saturated heterocycles. The van der Waals surface area contributed by atoms with Crippen molar-refractivity contribution in [1.82, 2.24) is 4.98 Å². The Bertz CT molecular complexity index is 452. The van der Waals surface area contributed by atoms with Crippen molar-refractivity contribution in [1.29, 1.82) is 0 Å². The first kappa shape index (κ1) is 16.5. The van der Waals surface area contributed by atoms with E-state index in [0.717, 1.165) is 12.0 Å². The van der Waals surface area contributed by atoms with Crippen LogP contribution in [0.2, 0.25) is 0 Å². The molecule has 6 heteroatoms. The quantitative estimate of drug-likeness (QED) is 0.641. The average molecular weight is 297 g/mol. The van der Waals surface area contributed by atoms with Crippen LogP contribution in [0.25, 0.3) is 0 Å². The molecule has 0 bridgehead atoms. The van der Waals surface area contributed by atoms with E-state index in [2.05, 4.69) is 17.6 Å². The van der Waals surface area contributed by atoms with E-state index in [0.29, 0.717) is 0 Å². The second-order valence-electron chi connectivity index (χ2n) is 4.66. The van der Waals surface area contributed by atoms with Gasteiger partial charge in [0.05, 0.1) is 5.92 Å². The van der Waals surface area contributed by atoms with E-state index >= 15 is 0 Å². The number of rotatable bonds is 8. The van der Waals surface area contributed by atoms with Gasteiger partial charge in [0.25, 0.3) is 0 Å². The summed E-state index contributed by atoms with van der Waals surface area (Å²) in [6.07, 6.45) is 3.97. The SMILES string of the molecule is CCC(c1ccncc1)C(S)C(CCC(=O)O)C(=O)O. The molecule has 0 fully saturated rings. The number of nitrogens with zero attached hydrogens (tertiary/aromatic N) is 1. The van der Waals surface area contributed by atoms with Crippen LogP contribution in [0.5, 0.6) is 0 Å². The number of carboxylic acid groups (broad SMARTS) is 2. The zero-order valence-electron chi connectivity index (χ0n) is 11.3. The van der Waals surface area contributed by atoms with Crippen LogP contribution in [-0.2, 0) is 9.59 Å². The Morgan fingerprint density at radius 1 is 1.30 bits per heavy atom. The van der Waals surface area contributed by atoms with Gasteiger partial charge >= 0.3 is 11.9 Å². The monoisotopic (exact) mass is 297 g/mol. The maximum atomic E-state index is 11.4. The highest BCUT2D eigenvalue weighted by Gasteiger charge is 2.32. The van der Waals surface area contributed by atoms with Crippen LogP contribution in [0.1, 0.15) is 37.7 Å². The minimum absolute atomic E-state index is 0.0452. The van der Waals surface area contributed by atoms with Crippen molar-refractivity contribution in [2.45, 2.75) is 37.4 Å². The molecule has 110 valence electrons. The van der Waals surface area contributed by atoms with Crippen molar-refractivity contribution in [3.63, 3.8) is 0 Å². The summed E-state index contributed by atoms with van der Waals surface area (Å²) < 4.78 is 0. The molecule has 0 aliphatic heterocycles. The van der Waals surface area contributed by atoms with Gasteiger partial charge in [-0.3, -0.25) is 14.6 Å². The molecule has 2 N–H and O–H groups in total. The fourth-order valence-corrected chi connectivity index (χ4v) is 2.94. The molecule has 0 radical (unpaired) electrons. The van der Waals surface area contributed by atoms with Crippen LogP contribution >= 0.6 is 12.6 Å². The molecule has 0 amide bonds. The molecule has 0 spiro atoms. The minimum Gasteiger partial charge on any atom is -0.481 e. The fourth-order valence-electron chi connectivity index (χ4n) is 2.28. The fraction of sp³-hybridized carbons (Fsp3) is 0.500. The zero-order chi connectivity index (χ0) is 15.1. The first-order valence-corrected chi connectivity index (χ1v) is 7.01. The number of aromatic nitrogens is 1. The van der Waals surface area contributed by atoms with Crippen LogP contribution in [0, 0.1) is 5.92 Å². The predicted octanol–water partition coefficient (Wildman–Crippen LogP) is 2.44. The highest BCUT2D eigenvalue weighted by Crippen LogP contribution is 2.33. The molecule has 3 atom stereocenters. The normalized spacial score (nSPS) is 15.3. The topological polar surface area (TPSA) is 87.5 Å². The Hall–Kier alpha value is -1.56. The van der Waals surface area contributed by atoms with Gasteiger partial charge in [-0.2, -0.15) is 12.6 Å². The Morgan fingerprint density at radius 3 is 2.35 bits per heavy atom. The van der Waals surface area contributed by atoms with Crippen molar-refractivity contribution < 1.29 is 19.8 Å². The summed E-state index contributed by atoms with van der Waals surface area (Å²) in [5.74, 6) is -2.82. The van der Waals surface area contributed by atoms with E-state index < -0.39 is 23.1 Å². The molecule has 5 nitrogen and oxygen atoms in total. The highest BCUT2D eigenvalue weighted by atomic mass is 32.1. The Labute approximate surface area is 123 Å². The molecule has 1 rings (SSSR count). The van der Waals surface area contributed by atoms with Crippen molar-refractivity contribution >= 4 is 24.6 Å². The van der Waals surface area contributed by atoms with Gasteiger partial charge in [-0.25, -0.2) is 0 Å². The van der Waals surface area contributed by atoms with Crippen LogP contribution in [0.3, 0.4) is 0 Å². The Balaban J connectivity index is 2.88. The number of hydrogen-bond acceptors (Lipinski definition) is 4. The van der Waals surface area contributed by atoms with Gasteiger partial charge in [-0.15, -0.1) is 0 Å². The third-order valence-electron chi connectivity index (χ3n) is 3.38. The second-order valence-corrected chi connectivity index (χ2v) is 5.26. The van der Waals surface area contributed by atoms with Crippen molar-refractivity contribution in [2.24, 2.45) is 5.92 Å². The molecular weight excluding hydrogens is 278 g/mol. The lowest BCUT2D eigenvalue weighted by molar-refractivity contribution is -0.143. The summed E-state index contributed by atoms with van der Waals surface area (Å²) in [5, 5.41) is 17.6. The summed E-state index contributed by atoms with van der Waals surface area (Å²) in [6.45, 7) is 1.96. The second kappa shape index (κ2) is 7.89. The number of aliphatic carboxylic acids is 2. The van der Waals surface area contributed by atoms with E-state index in [-0.39, 0.29) is 18.8 Å². The minimum atomic E-state index is -1.00. The summed E-state index contributed by atoms with van der Waals surface area (Å²) in [5.41, 5.74) is 0.976. The molecule has 0 saturated carbocycles. The lowest BCUT2D eigenvalue weighted by atomic mass is 9.84. The predicted molar refractivity (Wildman–Crippen MR) is 78.0 cm³/mol. The van der Waals surface area contributed by atoms with Crippen LogP contribution in [-0.4, -0.2) is 32.4 Å². The summed E-state index contributed by atoms with van der Waals surface area (Å²) in [4.78, 5) is 25.9. The number of carbonyl (C=O) groups is 2. The molecule has 0 aliphatic rings. The summed E-state index contributed by atoms with van der Waals surface area (Å²) in [6, 6.07) is 3.68. The van der Waals surface area contributed by atoms with Gasteiger partial charge in [0.15, 0.2) is 0 Å². The van der Waals surface area contributed by atoms with Crippen LogP contribution < -0.4 is 0 Å². The number of carboxylic acids is 2. The zero-order valence-corrected chi connectivity index (χ0v) is 12.2. The van der Waals surface area contributed by atoms with E-state index in [4.69, 9.17) is 5.11 Å². The van der Waals surface area contributed by atoms with Crippen LogP contribution in [0.15, 0.2) is 24.5 Å². The summed E-state index contributed by atoms with van der Waals surface area (Å²) >= 11 is 4.46. The van der Waals surface area contributed by atoms with Gasteiger partial charge in [-0.05, 0) is 36.5 Å². The van der Waals surface area contributed by atoms with Crippen molar-refractivity contribution in [2.75, 3.05) is 0 Å². The molecule has 0 aliphatic carbocycles. The van der Waals surface area contributed by atoms with E-state index in [1.54, 1.807) is 12.4 Å². The van der Waals surface area contributed by atoms with E-state index in [1.807, 2.05) is 19.1 Å². The maximum absolute atomic E-state index is 11.4. The first-order chi connectivity index (χ1) is 9.47. The number of pyridine rings is 1. The smallest absolute Gasteiger partial charge is 0.307 e. The number of hydrogen-bond donors (Lipinski definition) is 3. The molecule has 1 heterocycles. The van der Waals surface area contributed by atoms with E-state index in [1.165, 1.54) is 0 Å². The van der Waals surface area contributed by atoms with Crippen molar-refractivity contribution in [3.8, 4) is 0 Å². The number of thiol groups is 1. The van der Waals surface area contributed by atoms with Crippen molar-refractivity contribution in [3.05, 3.63) is 30.1 Å². The van der Waals surface area contributed by atoms with Gasteiger partial charge in [-0.1, -0.05) is 6.92 Å². The van der Waals surface area contributed by atoms with E-state index in [9.17, 15) is 14.7 Å². The van der Waals surface area contributed by atoms with Crippen LogP contribution in [0.4, 0.5) is 0 Å². The summed E-state index contributed by atoms with van der Waals surface area (Å²) in [7, 11) is 0. The lowest BCUT2D eigenvalue weighted by Crippen LogP contribution is -2.30. The molecule has 3 unspecified atom stereocenters. The Morgan fingerprint density at radius 2 is 1.90 bits per heavy atom. The molecule has 1 aromatic rings. The molecule has 1 aromatic heterocycles. The van der Waals surface area contributed by atoms with Gasteiger partial charge in [0.1, 0.15) is 0 Å². The maximum Gasteiger partial charge on any atom is 0.307 e. The molecule has 0 aromatic carbocycles. The van der Waals surface area contributed by atoms with Gasteiger partial charge in [0, 0.05) is 24.1 Å².